The van der Waals surface area contributed by atoms with E-state index < -0.39 is 0 Å². The summed E-state index contributed by atoms with van der Waals surface area (Å²) in [5.41, 5.74) is 1.66. The Labute approximate surface area is 109 Å². The molecule has 0 aromatic heterocycles. The topological polar surface area (TPSA) is 26.3 Å². The minimum atomic E-state index is -0.365. The summed E-state index contributed by atoms with van der Waals surface area (Å²) < 4.78 is 5.99. The number of rotatable bonds is 0. The number of carbonyl (C=O) groups is 1. The molecule has 2 rings (SSSR count). The molecule has 0 radical (unpaired) electrons. The van der Waals surface area contributed by atoms with E-state index in [0.717, 1.165) is 16.9 Å². The van der Waals surface area contributed by atoms with Crippen LogP contribution in [0.15, 0.2) is 18.2 Å². The smallest absolute Gasteiger partial charge is 0.207 e. The average Bonchev–Trinajstić information content (AvgIpc) is 2.54. The Balaban J connectivity index is 2.53. The van der Waals surface area contributed by atoms with Gasteiger partial charge >= 0.3 is 0 Å². The maximum absolute atomic E-state index is 12.4. The predicted octanol–water partition coefficient (Wildman–Crippen LogP) is 3.97. The summed E-state index contributed by atoms with van der Waals surface area (Å²) in [5, 5.41) is 0. The normalized spacial score (nSPS) is 19.7. The molecule has 0 bridgehead atoms. The molecule has 1 aliphatic rings. The van der Waals surface area contributed by atoms with Gasteiger partial charge in [0.1, 0.15) is 5.75 Å². The molecule has 98 valence electrons. The highest BCUT2D eigenvalue weighted by molar-refractivity contribution is 6.05. The van der Waals surface area contributed by atoms with E-state index in [-0.39, 0.29) is 22.7 Å². The van der Waals surface area contributed by atoms with Crippen molar-refractivity contribution < 1.29 is 9.53 Å². The number of hydrogen-bond donors (Lipinski definition) is 0. The zero-order chi connectivity index (χ0) is 13.7. The van der Waals surface area contributed by atoms with Gasteiger partial charge in [0, 0.05) is 11.0 Å². The summed E-state index contributed by atoms with van der Waals surface area (Å²) >= 11 is 0. The van der Waals surface area contributed by atoms with Gasteiger partial charge in [0.05, 0.1) is 5.56 Å². The summed E-state index contributed by atoms with van der Waals surface area (Å²) in [4.78, 5) is 12.4. The number of ketones is 1. The van der Waals surface area contributed by atoms with Crippen molar-refractivity contribution in [2.45, 2.75) is 53.1 Å². The van der Waals surface area contributed by atoms with Gasteiger partial charge in [-0.1, -0.05) is 53.7 Å². The van der Waals surface area contributed by atoms with Gasteiger partial charge in [0.25, 0.3) is 0 Å². The van der Waals surface area contributed by atoms with Crippen molar-refractivity contribution in [3.63, 3.8) is 0 Å². The first kappa shape index (κ1) is 13.1. The number of hydrogen-bond acceptors (Lipinski definition) is 2. The fraction of sp³-hybridized carbons (Fsp3) is 0.562. The van der Waals surface area contributed by atoms with Crippen molar-refractivity contribution in [2.24, 2.45) is 5.41 Å². The van der Waals surface area contributed by atoms with Gasteiger partial charge in [-0.2, -0.15) is 0 Å². The molecule has 0 N–H and O–H groups in total. The number of para-hydroxylation sites is 1. The quantitative estimate of drug-likeness (QED) is 0.692. The average molecular weight is 246 g/mol. The van der Waals surface area contributed by atoms with Crippen LogP contribution < -0.4 is 4.74 Å². The summed E-state index contributed by atoms with van der Waals surface area (Å²) in [6, 6.07) is 5.88. The van der Waals surface area contributed by atoms with E-state index in [9.17, 15) is 4.79 Å². The molecule has 1 unspecified atom stereocenters. The monoisotopic (exact) mass is 246 g/mol. The Morgan fingerprint density at radius 3 is 2.17 bits per heavy atom. The third kappa shape index (κ3) is 2.05. The molecule has 0 saturated carbocycles. The second-order valence-corrected chi connectivity index (χ2v) is 7.16. The highest BCUT2D eigenvalue weighted by Gasteiger charge is 2.42. The van der Waals surface area contributed by atoms with Crippen molar-refractivity contribution in [1.82, 2.24) is 0 Å². The molecule has 0 amide bonds. The number of Topliss-reactive ketones (excluding diaryl/α,β-unsaturated/α-hetero) is 1. The van der Waals surface area contributed by atoms with Gasteiger partial charge in [0.2, 0.25) is 5.78 Å². The Morgan fingerprint density at radius 1 is 1.06 bits per heavy atom. The molecule has 2 heteroatoms. The molecule has 1 atom stereocenters. The first-order valence-corrected chi connectivity index (χ1v) is 6.47. The third-order valence-corrected chi connectivity index (χ3v) is 3.35. The van der Waals surface area contributed by atoms with Crippen LogP contribution in [0.5, 0.6) is 5.75 Å². The Bertz CT molecular complexity index is 487. The summed E-state index contributed by atoms with van der Waals surface area (Å²) in [6.45, 7) is 12.5. The Hall–Kier alpha value is -1.31. The molecule has 1 aliphatic heterocycles. The van der Waals surface area contributed by atoms with Crippen LogP contribution in [-0.2, 0) is 5.41 Å². The lowest BCUT2D eigenvalue weighted by atomic mass is 9.83. The van der Waals surface area contributed by atoms with Gasteiger partial charge in [-0.25, -0.2) is 0 Å². The zero-order valence-corrected chi connectivity index (χ0v) is 12.1. The van der Waals surface area contributed by atoms with Crippen LogP contribution in [0, 0.1) is 5.41 Å². The molecule has 18 heavy (non-hydrogen) atoms. The molecule has 0 aliphatic carbocycles. The summed E-state index contributed by atoms with van der Waals surface area (Å²) in [7, 11) is 0. The largest absolute Gasteiger partial charge is 0.481 e. The van der Waals surface area contributed by atoms with Crippen molar-refractivity contribution in [1.29, 1.82) is 0 Å². The third-order valence-electron chi connectivity index (χ3n) is 3.35. The molecule has 1 aromatic carbocycles. The molecule has 0 saturated heterocycles. The van der Waals surface area contributed by atoms with Crippen LogP contribution in [0.25, 0.3) is 0 Å². The molecule has 1 heterocycles. The van der Waals surface area contributed by atoms with E-state index >= 15 is 0 Å². The van der Waals surface area contributed by atoms with Crippen molar-refractivity contribution in [3.8, 4) is 5.75 Å². The second-order valence-electron chi connectivity index (χ2n) is 7.16. The van der Waals surface area contributed by atoms with Crippen LogP contribution in [0.1, 0.15) is 57.5 Å². The van der Waals surface area contributed by atoms with E-state index in [4.69, 9.17) is 4.74 Å². The van der Waals surface area contributed by atoms with Crippen LogP contribution in [0.4, 0.5) is 0 Å². The number of fused-ring (bicyclic) bond motifs is 1. The second kappa shape index (κ2) is 3.84. The van der Waals surface area contributed by atoms with E-state index in [1.165, 1.54) is 0 Å². The first-order valence-electron chi connectivity index (χ1n) is 6.47. The van der Waals surface area contributed by atoms with Gasteiger partial charge in [0.15, 0.2) is 6.10 Å². The predicted molar refractivity (Wildman–Crippen MR) is 73.3 cm³/mol. The van der Waals surface area contributed by atoms with Crippen LogP contribution >= 0.6 is 0 Å². The molecule has 0 fully saturated rings. The summed E-state index contributed by atoms with van der Waals surface area (Å²) in [5.74, 6) is 0.901. The van der Waals surface area contributed by atoms with E-state index in [1.807, 2.05) is 32.9 Å². The first-order chi connectivity index (χ1) is 8.12. The highest BCUT2D eigenvalue weighted by atomic mass is 16.5. The number of benzene rings is 1. The van der Waals surface area contributed by atoms with Gasteiger partial charge in [-0.15, -0.1) is 0 Å². The number of carbonyl (C=O) groups excluding carboxylic acids is 1. The zero-order valence-electron chi connectivity index (χ0n) is 12.1. The van der Waals surface area contributed by atoms with Crippen molar-refractivity contribution >= 4 is 5.78 Å². The molecule has 1 aromatic rings. The maximum atomic E-state index is 12.4. The van der Waals surface area contributed by atoms with Crippen molar-refractivity contribution in [3.05, 3.63) is 29.3 Å². The van der Waals surface area contributed by atoms with Gasteiger partial charge in [-0.3, -0.25) is 4.79 Å². The van der Waals surface area contributed by atoms with Gasteiger partial charge < -0.3 is 4.74 Å². The van der Waals surface area contributed by atoms with Crippen LogP contribution in [0.2, 0.25) is 0 Å². The minimum Gasteiger partial charge on any atom is -0.481 e. The molecular weight excluding hydrogens is 224 g/mol. The number of ether oxygens (including phenoxy) is 1. The Morgan fingerprint density at radius 2 is 1.67 bits per heavy atom. The Kier molecular flexibility index (Phi) is 2.80. The fourth-order valence-corrected chi connectivity index (χ4v) is 2.33. The lowest BCUT2D eigenvalue weighted by Crippen LogP contribution is -2.35. The van der Waals surface area contributed by atoms with Gasteiger partial charge in [-0.05, 0) is 11.5 Å². The maximum Gasteiger partial charge on any atom is 0.207 e. The lowest BCUT2D eigenvalue weighted by molar-refractivity contribution is 0.0637. The summed E-state index contributed by atoms with van der Waals surface area (Å²) in [6.07, 6.45) is -0.365. The van der Waals surface area contributed by atoms with E-state index in [1.54, 1.807) is 0 Å². The highest BCUT2D eigenvalue weighted by Crippen LogP contribution is 2.42. The van der Waals surface area contributed by atoms with E-state index in [0.29, 0.717) is 0 Å². The lowest BCUT2D eigenvalue weighted by Gasteiger charge is -2.26. The van der Waals surface area contributed by atoms with Crippen molar-refractivity contribution in [2.75, 3.05) is 0 Å². The van der Waals surface area contributed by atoms with E-state index in [2.05, 4.69) is 26.8 Å². The SMILES string of the molecule is CC(C)(C)c1cccc2c1OC(C(C)(C)C)C2=O. The molecule has 2 nitrogen and oxygen atoms in total. The standard InChI is InChI=1S/C16H22O2/c1-15(2,3)11-9-7-8-10-12(17)14(16(4,5)6)18-13(10)11/h7-9,14H,1-6H3. The molecular formula is C16H22O2. The van der Waals surface area contributed by atoms with Crippen LogP contribution in [0.3, 0.4) is 0 Å². The molecule has 0 spiro atoms. The minimum absolute atomic E-state index is 0.0155. The van der Waals surface area contributed by atoms with Crippen LogP contribution in [-0.4, -0.2) is 11.9 Å². The fourth-order valence-electron chi connectivity index (χ4n) is 2.33.